The van der Waals surface area contributed by atoms with Gasteiger partial charge in [-0.2, -0.15) is 5.10 Å². The minimum atomic E-state index is -3.79. The minimum absolute atomic E-state index is 0.0458. The van der Waals surface area contributed by atoms with Gasteiger partial charge in [0.1, 0.15) is 5.82 Å². The van der Waals surface area contributed by atoms with Gasteiger partial charge in [0.05, 0.1) is 21.2 Å². The number of hydrogen-bond acceptors (Lipinski definition) is 5. The van der Waals surface area contributed by atoms with Crippen LogP contribution in [0.3, 0.4) is 0 Å². The second-order valence-corrected chi connectivity index (χ2v) is 7.91. The number of sulfone groups is 1. The predicted molar refractivity (Wildman–Crippen MR) is 102 cm³/mol. The molecule has 3 rings (SSSR count). The monoisotopic (exact) mass is 401 g/mol. The third-order valence-electron chi connectivity index (χ3n) is 4.21. The summed E-state index contributed by atoms with van der Waals surface area (Å²) in [5.41, 5.74) is 2.39. The van der Waals surface area contributed by atoms with Gasteiger partial charge in [0.25, 0.3) is 5.69 Å². The van der Waals surface area contributed by atoms with Crippen LogP contribution in [0.25, 0.3) is 11.8 Å². The van der Waals surface area contributed by atoms with Crippen LogP contribution < -0.4 is 0 Å². The number of non-ortho nitro benzene ring substituents is 1. The Bertz CT molecular complexity index is 1170. The minimum Gasteiger partial charge on any atom is -0.258 e. The van der Waals surface area contributed by atoms with Crippen LogP contribution >= 0.6 is 0 Å². The van der Waals surface area contributed by atoms with Crippen LogP contribution in [-0.2, 0) is 9.84 Å². The van der Waals surface area contributed by atoms with E-state index >= 15 is 0 Å². The number of nitro benzene ring substituents is 1. The Morgan fingerprint density at radius 1 is 1.07 bits per heavy atom. The lowest BCUT2D eigenvalue weighted by Gasteiger charge is -2.04. The lowest BCUT2D eigenvalue weighted by molar-refractivity contribution is -0.384. The topological polar surface area (TPSA) is 95.1 Å². The van der Waals surface area contributed by atoms with Crippen LogP contribution in [0.4, 0.5) is 10.1 Å². The van der Waals surface area contributed by atoms with Crippen LogP contribution in [0.2, 0.25) is 0 Å². The van der Waals surface area contributed by atoms with E-state index in [4.69, 9.17) is 0 Å². The lowest BCUT2D eigenvalue weighted by Crippen LogP contribution is -1.99. The molecule has 3 aromatic rings. The molecule has 144 valence electrons. The van der Waals surface area contributed by atoms with Crippen LogP contribution in [-0.4, -0.2) is 23.1 Å². The molecule has 0 saturated carbocycles. The second-order valence-electron chi connectivity index (χ2n) is 6.07. The normalized spacial score (nSPS) is 11.8. The second kappa shape index (κ2) is 7.35. The van der Waals surface area contributed by atoms with E-state index in [0.717, 1.165) is 17.5 Å². The molecule has 0 unspecified atom stereocenters. The first-order chi connectivity index (χ1) is 13.2. The first kappa shape index (κ1) is 19.4. The van der Waals surface area contributed by atoms with Gasteiger partial charge in [-0.1, -0.05) is 0 Å². The molecule has 1 heterocycles. The van der Waals surface area contributed by atoms with E-state index in [1.165, 1.54) is 30.3 Å². The maximum Gasteiger partial charge on any atom is 0.269 e. The zero-order chi connectivity index (χ0) is 20.5. The maximum atomic E-state index is 13.1. The van der Waals surface area contributed by atoms with Crippen molar-refractivity contribution in [3.05, 3.63) is 86.8 Å². The molecule has 0 bridgehead atoms. The van der Waals surface area contributed by atoms with Gasteiger partial charge >= 0.3 is 0 Å². The number of hydrogen-bond donors (Lipinski definition) is 0. The molecule has 7 nitrogen and oxygen atoms in total. The van der Waals surface area contributed by atoms with Gasteiger partial charge in [-0.15, -0.1) is 0 Å². The molecular formula is C19H16FN3O4S. The van der Waals surface area contributed by atoms with Gasteiger partial charge in [-0.05, 0) is 56.3 Å². The largest absolute Gasteiger partial charge is 0.269 e. The van der Waals surface area contributed by atoms with Crippen LogP contribution in [0.5, 0.6) is 0 Å². The van der Waals surface area contributed by atoms with E-state index in [1.54, 1.807) is 30.7 Å². The van der Waals surface area contributed by atoms with Gasteiger partial charge < -0.3 is 0 Å². The summed E-state index contributed by atoms with van der Waals surface area (Å²) in [7, 11) is -3.79. The number of nitrogens with zero attached hydrogens (tertiary/aromatic N) is 3. The molecule has 0 aliphatic heterocycles. The summed E-state index contributed by atoms with van der Waals surface area (Å²) in [5.74, 6) is -0.361. The van der Waals surface area contributed by atoms with E-state index in [9.17, 15) is 22.9 Å². The van der Waals surface area contributed by atoms with E-state index in [2.05, 4.69) is 5.10 Å². The highest BCUT2D eigenvalue weighted by molar-refractivity contribution is 7.94. The number of benzene rings is 2. The quantitative estimate of drug-likeness (QED) is 0.476. The number of rotatable bonds is 5. The maximum absolute atomic E-state index is 13.1. The van der Waals surface area contributed by atoms with E-state index in [1.807, 2.05) is 0 Å². The van der Waals surface area contributed by atoms with Gasteiger partial charge in [-0.25, -0.2) is 17.5 Å². The summed E-state index contributed by atoms with van der Waals surface area (Å²) in [4.78, 5) is 10.1. The molecular weight excluding hydrogens is 385 g/mol. The fourth-order valence-electron chi connectivity index (χ4n) is 2.72. The van der Waals surface area contributed by atoms with Crippen molar-refractivity contribution < 1.29 is 17.7 Å². The lowest BCUT2D eigenvalue weighted by atomic mass is 10.2. The van der Waals surface area contributed by atoms with Gasteiger partial charge in [0.2, 0.25) is 0 Å². The predicted octanol–water partition coefficient (Wildman–Crippen LogP) is 3.98. The number of aromatic nitrogens is 2. The van der Waals surface area contributed by atoms with Crippen LogP contribution in [0, 0.1) is 29.8 Å². The molecule has 0 atom stereocenters. The third kappa shape index (κ3) is 3.84. The van der Waals surface area contributed by atoms with Crippen molar-refractivity contribution >= 4 is 21.6 Å². The zero-order valence-corrected chi connectivity index (χ0v) is 15.9. The molecule has 0 radical (unpaired) electrons. The Labute approximate surface area is 160 Å². The Balaban J connectivity index is 1.93. The first-order valence-corrected chi connectivity index (χ1v) is 9.73. The average Bonchev–Trinajstić information content (AvgIpc) is 2.94. The van der Waals surface area contributed by atoms with Crippen LogP contribution in [0.1, 0.15) is 17.0 Å². The smallest absolute Gasteiger partial charge is 0.258 e. The van der Waals surface area contributed by atoms with Gasteiger partial charge in [0, 0.05) is 28.8 Å². The first-order valence-electron chi connectivity index (χ1n) is 8.19. The molecule has 2 aromatic carbocycles. The fraction of sp³-hybridized carbons (Fsp3) is 0.105. The molecule has 0 saturated heterocycles. The Morgan fingerprint density at radius 3 is 2.25 bits per heavy atom. The Morgan fingerprint density at radius 2 is 1.68 bits per heavy atom. The molecule has 1 aromatic heterocycles. The van der Waals surface area contributed by atoms with Crippen molar-refractivity contribution in [1.29, 1.82) is 0 Å². The summed E-state index contributed by atoms with van der Waals surface area (Å²) >= 11 is 0. The van der Waals surface area contributed by atoms with Crippen molar-refractivity contribution in [3.8, 4) is 5.69 Å². The average molecular weight is 401 g/mol. The number of halogens is 1. The number of nitro groups is 1. The van der Waals surface area contributed by atoms with Gasteiger partial charge in [-0.3, -0.25) is 10.1 Å². The molecule has 0 amide bonds. The van der Waals surface area contributed by atoms with Crippen molar-refractivity contribution in [2.75, 3.05) is 0 Å². The fourth-order valence-corrected chi connectivity index (χ4v) is 3.71. The molecule has 28 heavy (non-hydrogen) atoms. The highest BCUT2D eigenvalue weighted by Crippen LogP contribution is 2.22. The molecule has 0 spiro atoms. The SMILES string of the molecule is Cc1nn(-c2ccc(F)cc2)c(C)c1/C=C/S(=O)(=O)c1ccc([N+](=O)[O-])cc1. The number of aryl methyl sites for hydroxylation is 1. The third-order valence-corrected chi connectivity index (χ3v) is 5.63. The Kier molecular flexibility index (Phi) is 5.10. The van der Waals surface area contributed by atoms with Gasteiger partial charge in [0.15, 0.2) is 9.84 Å². The Hall–Kier alpha value is -3.33. The van der Waals surface area contributed by atoms with E-state index in [0.29, 0.717) is 22.6 Å². The summed E-state index contributed by atoms with van der Waals surface area (Å²) in [5, 5.41) is 16.1. The van der Waals surface area contributed by atoms with Crippen molar-refractivity contribution in [1.82, 2.24) is 9.78 Å². The summed E-state index contributed by atoms with van der Waals surface area (Å²) < 4.78 is 39.7. The van der Waals surface area contributed by atoms with Crippen molar-refractivity contribution in [2.45, 2.75) is 18.7 Å². The standard InChI is InChI=1S/C19H16FN3O4S/c1-13-19(14(2)22(21-13)16-5-3-15(20)4-6-16)11-12-28(26,27)18-9-7-17(8-10-18)23(24)25/h3-12H,1-2H3/b12-11+. The van der Waals surface area contributed by atoms with E-state index < -0.39 is 14.8 Å². The molecule has 0 fully saturated rings. The molecule has 0 N–H and O–H groups in total. The van der Waals surface area contributed by atoms with Crippen molar-refractivity contribution in [2.24, 2.45) is 0 Å². The van der Waals surface area contributed by atoms with Crippen LogP contribution in [0.15, 0.2) is 58.8 Å². The van der Waals surface area contributed by atoms with E-state index in [-0.39, 0.29) is 16.4 Å². The summed E-state index contributed by atoms with van der Waals surface area (Å²) in [6.07, 6.45) is 1.44. The highest BCUT2D eigenvalue weighted by atomic mass is 32.2. The van der Waals surface area contributed by atoms with Crippen molar-refractivity contribution in [3.63, 3.8) is 0 Å². The summed E-state index contributed by atoms with van der Waals surface area (Å²) in [6, 6.07) is 10.5. The molecule has 0 aliphatic carbocycles. The summed E-state index contributed by atoms with van der Waals surface area (Å²) in [6.45, 7) is 3.52. The molecule has 0 aliphatic rings. The zero-order valence-electron chi connectivity index (χ0n) is 15.0. The highest BCUT2D eigenvalue weighted by Gasteiger charge is 2.15. The molecule has 9 heteroatoms.